The number of unbranched alkanes of at least 4 members (excludes halogenated alkanes) is 1. The highest BCUT2D eigenvalue weighted by Gasteiger charge is 2.57. The predicted octanol–water partition coefficient (Wildman–Crippen LogP) is 1.67. The molecule has 6 nitrogen and oxygen atoms in total. The summed E-state index contributed by atoms with van der Waals surface area (Å²) in [6, 6.07) is 0. The maximum absolute atomic E-state index is 4.49. The smallest absolute Gasteiger partial charge is 0.222 e. The molecule has 2 aliphatic rings. The molecule has 6 heteroatoms. The van der Waals surface area contributed by atoms with E-state index < -0.39 is 0 Å². The van der Waals surface area contributed by atoms with E-state index in [1.807, 2.05) is 0 Å². The van der Waals surface area contributed by atoms with Crippen molar-refractivity contribution in [1.82, 2.24) is 30.8 Å². The van der Waals surface area contributed by atoms with Crippen LogP contribution in [0.4, 0.5) is 0 Å². The molecular formula is C12H16N6. The molecule has 0 bridgehead atoms. The maximum atomic E-state index is 4.49. The van der Waals surface area contributed by atoms with E-state index >= 15 is 0 Å². The largest absolute Gasteiger partial charge is 0.274 e. The highest BCUT2D eigenvalue weighted by molar-refractivity contribution is 5.59. The van der Waals surface area contributed by atoms with Gasteiger partial charge in [0.15, 0.2) is 0 Å². The molecule has 0 spiro atoms. The maximum Gasteiger partial charge on any atom is 0.222 e. The van der Waals surface area contributed by atoms with Gasteiger partial charge < -0.3 is 0 Å². The number of hydrogen-bond acceptors (Lipinski definition) is 4. The van der Waals surface area contributed by atoms with Crippen molar-refractivity contribution in [3.8, 4) is 11.5 Å². The minimum atomic E-state index is 0.634. The van der Waals surface area contributed by atoms with Crippen LogP contribution in [0.2, 0.25) is 0 Å². The van der Waals surface area contributed by atoms with Crippen LogP contribution in [0.15, 0.2) is 0 Å². The van der Waals surface area contributed by atoms with Crippen LogP contribution in [-0.4, -0.2) is 30.8 Å². The second-order valence-corrected chi connectivity index (χ2v) is 5.40. The molecule has 2 aromatic rings. The molecule has 18 heavy (non-hydrogen) atoms. The highest BCUT2D eigenvalue weighted by Crippen LogP contribution is 2.63. The molecule has 94 valence electrons. The Balaban J connectivity index is 1.60. The molecule has 0 aromatic carbocycles. The molecule has 0 radical (unpaired) electrons. The zero-order chi connectivity index (χ0) is 12.1. The lowest BCUT2D eigenvalue weighted by molar-refractivity contribution is 0.590. The van der Waals surface area contributed by atoms with Gasteiger partial charge in [-0.15, -0.1) is 10.2 Å². The fourth-order valence-corrected chi connectivity index (χ4v) is 3.51. The van der Waals surface area contributed by atoms with Crippen LogP contribution in [0.3, 0.4) is 0 Å². The Morgan fingerprint density at radius 1 is 1.33 bits per heavy atom. The van der Waals surface area contributed by atoms with E-state index in [-0.39, 0.29) is 0 Å². The third-order valence-electron chi connectivity index (χ3n) is 4.45. The zero-order valence-corrected chi connectivity index (χ0v) is 10.3. The lowest BCUT2D eigenvalue weighted by Gasteiger charge is -2.02. The van der Waals surface area contributed by atoms with Gasteiger partial charge in [0.05, 0.1) is 5.69 Å². The number of hydrogen-bond donors (Lipinski definition) is 2. The van der Waals surface area contributed by atoms with Gasteiger partial charge in [-0.2, -0.15) is 10.3 Å². The fourth-order valence-electron chi connectivity index (χ4n) is 3.51. The van der Waals surface area contributed by atoms with Crippen LogP contribution in [0.5, 0.6) is 0 Å². The Hall–Kier alpha value is -1.72. The summed E-state index contributed by atoms with van der Waals surface area (Å²) in [6.45, 7) is 2.26. The van der Waals surface area contributed by atoms with Crippen LogP contribution in [0.25, 0.3) is 11.5 Å². The van der Waals surface area contributed by atoms with Crippen LogP contribution >= 0.6 is 0 Å². The van der Waals surface area contributed by atoms with Gasteiger partial charge >= 0.3 is 0 Å². The first-order valence-electron chi connectivity index (χ1n) is 6.71. The third-order valence-corrected chi connectivity index (χ3v) is 4.45. The van der Waals surface area contributed by atoms with Crippen molar-refractivity contribution in [3.63, 3.8) is 0 Å². The Morgan fingerprint density at radius 3 is 3.06 bits per heavy atom. The summed E-state index contributed by atoms with van der Waals surface area (Å²) >= 11 is 0. The second-order valence-electron chi connectivity index (χ2n) is 5.40. The molecule has 0 saturated heterocycles. The van der Waals surface area contributed by atoms with E-state index in [9.17, 15) is 0 Å². The number of tetrazole rings is 1. The molecule has 0 amide bonds. The molecule has 2 aromatic heterocycles. The Morgan fingerprint density at radius 2 is 2.28 bits per heavy atom. The number of H-pyrrole nitrogens is 2. The number of nitrogens with zero attached hydrogens (tertiary/aromatic N) is 4. The van der Waals surface area contributed by atoms with Gasteiger partial charge in [0.2, 0.25) is 5.82 Å². The summed E-state index contributed by atoms with van der Waals surface area (Å²) in [5.74, 6) is 3.03. The lowest BCUT2D eigenvalue weighted by Crippen LogP contribution is -1.94. The van der Waals surface area contributed by atoms with Gasteiger partial charge in [-0.3, -0.25) is 5.10 Å². The topological polar surface area (TPSA) is 83.1 Å². The van der Waals surface area contributed by atoms with Gasteiger partial charge in [-0.05, 0) is 29.9 Å². The number of nitrogens with one attached hydrogen (secondary N) is 2. The van der Waals surface area contributed by atoms with Crippen molar-refractivity contribution in [1.29, 1.82) is 0 Å². The molecule has 0 aliphatic heterocycles. The molecule has 4 rings (SSSR count). The molecule has 0 unspecified atom stereocenters. The van der Waals surface area contributed by atoms with Crippen molar-refractivity contribution in [2.24, 2.45) is 11.8 Å². The average molecular weight is 244 g/mol. The number of aromatic amines is 2. The number of aromatic nitrogens is 6. The standard InChI is InChI=1S/C12H16N6/c1-2-3-4-6-7-5-8-10(9(6)7)13-14-11(8)12-15-17-18-16-12/h6-7,9H,2-5H2,1H3,(H,13,14)(H,15,16,17,18)/t6-,7+,9-/m1/s1. The summed E-state index contributed by atoms with van der Waals surface area (Å²) < 4.78 is 0. The molecule has 2 heterocycles. The van der Waals surface area contributed by atoms with E-state index in [4.69, 9.17) is 0 Å². The molecule has 1 fully saturated rings. The van der Waals surface area contributed by atoms with Crippen LogP contribution in [0, 0.1) is 11.8 Å². The Kier molecular flexibility index (Phi) is 2.06. The van der Waals surface area contributed by atoms with Crippen LogP contribution < -0.4 is 0 Å². The quantitative estimate of drug-likeness (QED) is 0.856. The van der Waals surface area contributed by atoms with E-state index in [2.05, 4.69) is 37.7 Å². The lowest BCUT2D eigenvalue weighted by atomic mass is 10.0. The normalized spacial score (nSPS) is 28.2. The second kappa shape index (κ2) is 3.63. The van der Waals surface area contributed by atoms with Crippen molar-refractivity contribution in [2.75, 3.05) is 0 Å². The van der Waals surface area contributed by atoms with Crippen LogP contribution in [-0.2, 0) is 6.42 Å². The summed E-state index contributed by atoms with van der Waals surface area (Å²) in [7, 11) is 0. The third kappa shape index (κ3) is 1.28. The SMILES string of the molecule is CCCC[C@@H]1[C@@H]2Cc3c(n[nH]c3-c3nn[nH]n3)[C@H]12. The Bertz CT molecular complexity index is 557. The molecule has 1 saturated carbocycles. The summed E-state index contributed by atoms with van der Waals surface area (Å²) in [6.07, 6.45) is 5.12. The van der Waals surface area contributed by atoms with E-state index in [0.717, 1.165) is 24.0 Å². The van der Waals surface area contributed by atoms with Crippen molar-refractivity contribution >= 4 is 0 Å². The molecule has 3 atom stereocenters. The predicted molar refractivity (Wildman–Crippen MR) is 64.7 cm³/mol. The van der Waals surface area contributed by atoms with Crippen molar-refractivity contribution in [3.05, 3.63) is 11.3 Å². The zero-order valence-electron chi connectivity index (χ0n) is 10.3. The van der Waals surface area contributed by atoms with Crippen molar-refractivity contribution < 1.29 is 0 Å². The van der Waals surface area contributed by atoms with Gasteiger partial charge in [0.1, 0.15) is 5.69 Å². The monoisotopic (exact) mass is 244 g/mol. The van der Waals surface area contributed by atoms with E-state index in [1.54, 1.807) is 0 Å². The average Bonchev–Trinajstić information content (AvgIpc) is 2.86. The number of fused-ring (bicyclic) bond motifs is 3. The first-order valence-corrected chi connectivity index (χ1v) is 6.71. The van der Waals surface area contributed by atoms with Gasteiger partial charge in [0, 0.05) is 11.5 Å². The van der Waals surface area contributed by atoms with Crippen molar-refractivity contribution in [2.45, 2.75) is 38.5 Å². The van der Waals surface area contributed by atoms with E-state index in [1.165, 1.54) is 30.5 Å². The minimum Gasteiger partial charge on any atom is -0.274 e. The summed E-state index contributed by atoms with van der Waals surface area (Å²) in [5.41, 5.74) is 3.54. The summed E-state index contributed by atoms with van der Waals surface area (Å²) in [5, 5.41) is 21.7. The minimum absolute atomic E-state index is 0.634. The molecular weight excluding hydrogens is 228 g/mol. The van der Waals surface area contributed by atoms with Gasteiger partial charge in [-0.25, -0.2) is 0 Å². The molecule has 2 aliphatic carbocycles. The van der Waals surface area contributed by atoms with Crippen LogP contribution in [0.1, 0.15) is 43.4 Å². The molecule has 2 N–H and O–H groups in total. The first-order chi connectivity index (χ1) is 8.90. The van der Waals surface area contributed by atoms with Gasteiger partial charge in [0.25, 0.3) is 0 Å². The Labute approximate surface area is 105 Å². The summed E-state index contributed by atoms with van der Waals surface area (Å²) in [4.78, 5) is 0. The van der Waals surface area contributed by atoms with Gasteiger partial charge in [-0.1, -0.05) is 19.8 Å². The fraction of sp³-hybridized carbons (Fsp3) is 0.667. The first kappa shape index (κ1) is 10.2. The van der Waals surface area contributed by atoms with E-state index in [0.29, 0.717) is 11.7 Å². The number of rotatable bonds is 4. The highest BCUT2D eigenvalue weighted by atomic mass is 15.5.